The van der Waals surface area contributed by atoms with Crippen molar-refractivity contribution in [3.8, 4) is 0 Å². The zero-order chi connectivity index (χ0) is 23.4. The number of likely N-dealkylation sites (tertiary alicyclic amines) is 1. The summed E-state index contributed by atoms with van der Waals surface area (Å²) in [4.78, 5) is 4.95. The van der Waals surface area contributed by atoms with E-state index in [1.54, 1.807) is 6.08 Å². The molecule has 0 spiro atoms. The lowest BCUT2D eigenvalue weighted by Gasteiger charge is -2.36. The van der Waals surface area contributed by atoms with E-state index in [1.807, 2.05) is 6.08 Å². The number of hydrogen-bond acceptors (Lipinski definition) is 4. The molecule has 0 bridgehead atoms. The molecule has 1 heterocycles. The highest BCUT2D eigenvalue weighted by atomic mass is 15.2. The predicted molar refractivity (Wildman–Crippen MR) is 141 cm³/mol. The summed E-state index contributed by atoms with van der Waals surface area (Å²) in [5.41, 5.74) is 19.0. The minimum absolute atomic E-state index is 0.675. The number of piperidine rings is 1. The molecule has 1 saturated carbocycles. The lowest BCUT2D eigenvalue weighted by Crippen LogP contribution is -2.39. The number of allylic oxidation sites excluding steroid dienone is 2. The van der Waals surface area contributed by atoms with E-state index in [-0.39, 0.29) is 0 Å². The average molecular weight is 445 g/mol. The lowest BCUT2D eigenvalue weighted by atomic mass is 9.93. The third kappa shape index (κ3) is 6.20. The second kappa shape index (κ2) is 10.5. The highest BCUT2D eigenvalue weighted by Gasteiger charge is 2.25. The van der Waals surface area contributed by atoms with Crippen LogP contribution in [0.1, 0.15) is 67.7 Å². The van der Waals surface area contributed by atoms with Crippen molar-refractivity contribution in [2.75, 3.05) is 18.5 Å². The minimum atomic E-state index is 0.675. The van der Waals surface area contributed by atoms with Crippen molar-refractivity contribution < 1.29 is 0 Å². The molecule has 1 saturated heterocycles. The van der Waals surface area contributed by atoms with Gasteiger partial charge in [-0.3, -0.25) is 4.90 Å². The van der Waals surface area contributed by atoms with E-state index in [2.05, 4.69) is 73.2 Å². The van der Waals surface area contributed by atoms with Gasteiger partial charge in [0, 0.05) is 37.6 Å². The second-order valence-corrected chi connectivity index (χ2v) is 10.2. The molecule has 4 heteroatoms. The van der Waals surface area contributed by atoms with Crippen molar-refractivity contribution in [3.05, 3.63) is 83.1 Å². The minimum Gasteiger partial charge on any atom is -0.405 e. The van der Waals surface area contributed by atoms with Crippen LogP contribution in [0.3, 0.4) is 0 Å². The highest BCUT2D eigenvalue weighted by molar-refractivity contribution is 5.69. The van der Waals surface area contributed by atoms with Gasteiger partial charge in [-0.05, 0) is 110 Å². The predicted octanol–water partition coefficient (Wildman–Crippen LogP) is 5.59. The first-order chi connectivity index (χ1) is 15.9. The Bertz CT molecular complexity index is 987. The molecule has 1 aliphatic carbocycles. The van der Waals surface area contributed by atoms with E-state index in [0.29, 0.717) is 12.0 Å². The zero-order valence-electron chi connectivity index (χ0n) is 20.5. The maximum absolute atomic E-state index is 6.33. The van der Waals surface area contributed by atoms with Gasteiger partial charge in [-0.15, -0.1) is 0 Å². The number of benzene rings is 2. The van der Waals surface area contributed by atoms with Crippen LogP contribution in [-0.4, -0.2) is 24.5 Å². The van der Waals surface area contributed by atoms with Crippen LogP contribution < -0.4 is 16.4 Å². The third-order valence-electron chi connectivity index (χ3n) is 7.25. The van der Waals surface area contributed by atoms with Crippen molar-refractivity contribution >= 4 is 11.4 Å². The zero-order valence-corrected chi connectivity index (χ0v) is 20.5. The average Bonchev–Trinajstić information content (AvgIpc) is 3.66. The van der Waals surface area contributed by atoms with E-state index < -0.39 is 0 Å². The van der Waals surface area contributed by atoms with Gasteiger partial charge in [-0.25, -0.2) is 0 Å². The van der Waals surface area contributed by atoms with E-state index in [4.69, 9.17) is 11.5 Å². The number of anilines is 1. The largest absolute Gasteiger partial charge is 0.405 e. The Morgan fingerprint density at radius 2 is 1.79 bits per heavy atom. The maximum atomic E-state index is 6.33. The fourth-order valence-corrected chi connectivity index (χ4v) is 4.97. The van der Waals surface area contributed by atoms with Gasteiger partial charge in [0.15, 0.2) is 0 Å². The Labute approximate surface area is 200 Å². The van der Waals surface area contributed by atoms with Gasteiger partial charge in [0.1, 0.15) is 0 Å². The molecule has 2 aromatic rings. The smallest absolute Gasteiger partial charge is 0.0426 e. The summed E-state index contributed by atoms with van der Waals surface area (Å²) in [6, 6.07) is 16.6. The molecular weight excluding hydrogens is 404 g/mol. The van der Waals surface area contributed by atoms with Crippen LogP contribution >= 0.6 is 0 Å². The fraction of sp³-hybridized carbons (Fsp3) is 0.448. The van der Waals surface area contributed by atoms with Crippen molar-refractivity contribution in [1.29, 1.82) is 0 Å². The van der Waals surface area contributed by atoms with E-state index in [1.165, 1.54) is 60.8 Å². The van der Waals surface area contributed by atoms with Gasteiger partial charge in [0.2, 0.25) is 0 Å². The fourth-order valence-electron chi connectivity index (χ4n) is 4.97. The van der Waals surface area contributed by atoms with E-state index in [9.17, 15) is 0 Å². The SMILES string of the molecule is CC1CCN(Cc2ccc(CN(C)c3cc(/C(N)=C/C=C\N)cc(C4CC4)c3)cc2)C(C)C1. The van der Waals surface area contributed by atoms with Crippen LogP contribution in [-0.2, 0) is 13.1 Å². The summed E-state index contributed by atoms with van der Waals surface area (Å²) in [7, 11) is 2.17. The summed E-state index contributed by atoms with van der Waals surface area (Å²) in [6.45, 7) is 7.89. The topological polar surface area (TPSA) is 58.5 Å². The number of nitrogens with two attached hydrogens (primary N) is 2. The lowest BCUT2D eigenvalue weighted by molar-refractivity contribution is 0.122. The van der Waals surface area contributed by atoms with Gasteiger partial charge in [0.25, 0.3) is 0 Å². The highest BCUT2D eigenvalue weighted by Crippen LogP contribution is 2.42. The summed E-state index contributed by atoms with van der Waals surface area (Å²) in [6.07, 6.45) is 10.3. The quantitative estimate of drug-likeness (QED) is 0.521. The molecule has 2 aromatic carbocycles. The molecule has 2 atom stereocenters. The molecule has 2 aliphatic rings. The van der Waals surface area contributed by atoms with Crippen molar-refractivity contribution in [2.45, 2.75) is 64.6 Å². The summed E-state index contributed by atoms with van der Waals surface area (Å²) >= 11 is 0. The Balaban J connectivity index is 1.44. The van der Waals surface area contributed by atoms with Crippen LogP contribution in [0.25, 0.3) is 5.70 Å². The van der Waals surface area contributed by atoms with Crippen LogP contribution in [0, 0.1) is 5.92 Å². The summed E-state index contributed by atoms with van der Waals surface area (Å²) in [5.74, 6) is 1.53. The van der Waals surface area contributed by atoms with Crippen molar-refractivity contribution in [2.24, 2.45) is 17.4 Å². The monoisotopic (exact) mass is 444 g/mol. The van der Waals surface area contributed by atoms with Gasteiger partial charge < -0.3 is 16.4 Å². The first kappa shape index (κ1) is 23.4. The molecule has 4 rings (SSSR count). The molecule has 0 aromatic heterocycles. The molecule has 4 N–H and O–H groups in total. The number of nitrogens with zero attached hydrogens (tertiary/aromatic N) is 2. The molecule has 0 amide bonds. The van der Waals surface area contributed by atoms with Crippen LogP contribution in [0.4, 0.5) is 5.69 Å². The molecule has 176 valence electrons. The second-order valence-electron chi connectivity index (χ2n) is 10.2. The van der Waals surface area contributed by atoms with Gasteiger partial charge in [0.05, 0.1) is 0 Å². The third-order valence-corrected chi connectivity index (χ3v) is 7.25. The molecule has 0 radical (unpaired) electrons. The van der Waals surface area contributed by atoms with E-state index >= 15 is 0 Å². The Hall–Kier alpha value is -2.72. The van der Waals surface area contributed by atoms with Gasteiger partial charge in [-0.2, -0.15) is 0 Å². The Kier molecular flexibility index (Phi) is 7.44. The van der Waals surface area contributed by atoms with Crippen molar-refractivity contribution in [3.63, 3.8) is 0 Å². The van der Waals surface area contributed by atoms with Crippen molar-refractivity contribution in [1.82, 2.24) is 4.90 Å². The van der Waals surface area contributed by atoms with E-state index in [0.717, 1.165) is 30.3 Å². The maximum Gasteiger partial charge on any atom is 0.0426 e. The number of rotatable bonds is 8. The normalized spacial score (nSPS) is 22.1. The van der Waals surface area contributed by atoms with Gasteiger partial charge in [-0.1, -0.05) is 31.2 Å². The molecule has 1 aliphatic heterocycles. The van der Waals surface area contributed by atoms with Gasteiger partial charge >= 0.3 is 0 Å². The molecule has 4 nitrogen and oxygen atoms in total. The Morgan fingerprint density at radius 3 is 2.45 bits per heavy atom. The van der Waals surface area contributed by atoms with Crippen LogP contribution in [0.2, 0.25) is 0 Å². The van der Waals surface area contributed by atoms with Crippen LogP contribution in [0.15, 0.2) is 60.8 Å². The molecule has 2 unspecified atom stereocenters. The molecule has 2 fully saturated rings. The standard InChI is InChI=1S/C29H40N4/c1-21-12-14-33(22(2)15-21)20-24-8-6-23(7-9-24)19-32(3)28-17-26(25-10-11-25)16-27(18-28)29(31)5-4-13-30/h4-9,13,16-18,21-22,25H,10-12,14-15,19-20,30-31H2,1-3H3/b13-4-,29-5-. The summed E-state index contributed by atoms with van der Waals surface area (Å²) < 4.78 is 0. The molecule has 33 heavy (non-hydrogen) atoms. The first-order valence-corrected chi connectivity index (χ1v) is 12.5. The first-order valence-electron chi connectivity index (χ1n) is 12.5. The summed E-state index contributed by atoms with van der Waals surface area (Å²) in [5, 5.41) is 0. The molecular formula is C29H40N4. The Morgan fingerprint density at radius 1 is 1.06 bits per heavy atom. The van der Waals surface area contributed by atoms with Crippen LogP contribution in [0.5, 0.6) is 0 Å². The number of hydrogen-bond donors (Lipinski definition) is 2.